The Labute approximate surface area is 96.2 Å². The van der Waals surface area contributed by atoms with Crippen LogP contribution in [0.5, 0.6) is 5.75 Å². The third kappa shape index (κ3) is 3.43. The van der Waals surface area contributed by atoms with E-state index in [1.807, 2.05) is 13.0 Å². The van der Waals surface area contributed by atoms with Gasteiger partial charge in [0.05, 0.1) is 18.7 Å². The fourth-order valence-electron chi connectivity index (χ4n) is 1.19. The Kier molecular flexibility index (Phi) is 3.96. The zero-order chi connectivity index (χ0) is 11.4. The summed E-state index contributed by atoms with van der Waals surface area (Å²) < 4.78 is 6.18. The fourth-order valence-corrected chi connectivity index (χ4v) is 1.78. The maximum absolute atomic E-state index is 10.3. The van der Waals surface area contributed by atoms with E-state index in [9.17, 15) is 4.79 Å². The third-order valence-corrected chi connectivity index (χ3v) is 2.29. The van der Waals surface area contributed by atoms with E-state index in [4.69, 9.17) is 15.6 Å². The summed E-state index contributed by atoms with van der Waals surface area (Å²) in [4.78, 5) is 10.3. The van der Waals surface area contributed by atoms with E-state index in [1.54, 1.807) is 6.07 Å². The lowest BCUT2D eigenvalue weighted by Crippen LogP contribution is -2.07. The Bertz CT molecular complexity index is 356. The first-order valence-corrected chi connectivity index (χ1v) is 5.20. The lowest BCUT2D eigenvalue weighted by Gasteiger charge is -2.11. The van der Waals surface area contributed by atoms with Crippen LogP contribution in [-0.4, -0.2) is 17.7 Å². The van der Waals surface area contributed by atoms with Gasteiger partial charge in [-0.05, 0) is 24.6 Å². The molecule has 3 N–H and O–H groups in total. The van der Waals surface area contributed by atoms with Crippen molar-refractivity contribution in [1.29, 1.82) is 0 Å². The molecule has 0 saturated heterocycles. The van der Waals surface area contributed by atoms with Crippen LogP contribution in [0.25, 0.3) is 0 Å². The van der Waals surface area contributed by atoms with Crippen LogP contribution < -0.4 is 10.5 Å². The van der Waals surface area contributed by atoms with Gasteiger partial charge in [0.15, 0.2) is 0 Å². The maximum Gasteiger partial charge on any atom is 0.306 e. The summed E-state index contributed by atoms with van der Waals surface area (Å²) >= 11 is 3.31. The van der Waals surface area contributed by atoms with E-state index >= 15 is 0 Å². The van der Waals surface area contributed by atoms with Crippen molar-refractivity contribution >= 4 is 27.6 Å². The van der Waals surface area contributed by atoms with Crippen molar-refractivity contribution in [3.8, 4) is 5.75 Å². The lowest BCUT2D eigenvalue weighted by atomic mass is 10.2. The summed E-state index contributed by atoms with van der Waals surface area (Å²) in [5, 5.41) is 8.46. The van der Waals surface area contributed by atoms with Crippen molar-refractivity contribution in [3.05, 3.63) is 22.2 Å². The Morgan fingerprint density at radius 1 is 1.60 bits per heavy atom. The van der Waals surface area contributed by atoms with Crippen molar-refractivity contribution in [1.82, 2.24) is 0 Å². The number of aliphatic carboxylic acids is 1. The van der Waals surface area contributed by atoms with Crippen LogP contribution >= 0.6 is 15.9 Å². The second kappa shape index (κ2) is 5.02. The molecule has 0 unspecified atom stereocenters. The molecule has 82 valence electrons. The highest BCUT2D eigenvalue weighted by Crippen LogP contribution is 2.29. The number of anilines is 1. The standard InChI is InChI=1S/C10H12BrNO3/c1-6-4-7(11)5-8(12)10(6)15-3-2-9(13)14/h4-5H,2-3,12H2,1H3,(H,13,14). The first-order valence-electron chi connectivity index (χ1n) is 4.41. The summed E-state index contributed by atoms with van der Waals surface area (Å²) in [6.45, 7) is 1.99. The quantitative estimate of drug-likeness (QED) is 0.825. The first-order chi connectivity index (χ1) is 7.00. The molecule has 0 aromatic heterocycles. The monoisotopic (exact) mass is 273 g/mol. The molecule has 5 heteroatoms. The number of benzene rings is 1. The van der Waals surface area contributed by atoms with Crippen LogP contribution in [-0.2, 0) is 4.79 Å². The number of nitrogen functional groups attached to an aromatic ring is 1. The van der Waals surface area contributed by atoms with Gasteiger partial charge in [0.25, 0.3) is 0 Å². The number of ether oxygens (including phenoxy) is 1. The Hall–Kier alpha value is -1.23. The molecule has 1 rings (SSSR count). The van der Waals surface area contributed by atoms with Crippen molar-refractivity contribution < 1.29 is 14.6 Å². The Balaban J connectivity index is 2.72. The van der Waals surface area contributed by atoms with Gasteiger partial charge in [-0.3, -0.25) is 4.79 Å². The van der Waals surface area contributed by atoms with Crippen molar-refractivity contribution in [3.63, 3.8) is 0 Å². The molecule has 0 fully saturated rings. The van der Waals surface area contributed by atoms with E-state index in [0.29, 0.717) is 11.4 Å². The van der Waals surface area contributed by atoms with Crippen molar-refractivity contribution in [2.24, 2.45) is 0 Å². The molecular formula is C10H12BrNO3. The molecule has 0 aliphatic carbocycles. The number of rotatable bonds is 4. The number of aryl methyl sites for hydroxylation is 1. The first kappa shape index (κ1) is 11.8. The molecule has 0 heterocycles. The molecule has 15 heavy (non-hydrogen) atoms. The Morgan fingerprint density at radius 3 is 2.80 bits per heavy atom. The van der Waals surface area contributed by atoms with Gasteiger partial charge in [-0.2, -0.15) is 0 Å². The van der Waals surface area contributed by atoms with Crippen LogP contribution in [0.1, 0.15) is 12.0 Å². The average molecular weight is 274 g/mol. The van der Waals surface area contributed by atoms with Gasteiger partial charge in [-0.15, -0.1) is 0 Å². The second-order valence-electron chi connectivity index (χ2n) is 3.13. The number of carboxylic acid groups (broad SMARTS) is 1. The summed E-state index contributed by atoms with van der Waals surface area (Å²) in [7, 11) is 0. The van der Waals surface area contributed by atoms with Crippen LogP contribution in [0.3, 0.4) is 0 Å². The highest BCUT2D eigenvalue weighted by molar-refractivity contribution is 9.10. The molecule has 1 aromatic rings. The van der Waals surface area contributed by atoms with Gasteiger partial charge >= 0.3 is 5.97 Å². The van der Waals surface area contributed by atoms with Gasteiger partial charge in [-0.25, -0.2) is 0 Å². The fraction of sp³-hybridized carbons (Fsp3) is 0.300. The number of hydrogen-bond acceptors (Lipinski definition) is 3. The number of hydrogen-bond donors (Lipinski definition) is 2. The van der Waals surface area contributed by atoms with Crippen LogP contribution in [0.4, 0.5) is 5.69 Å². The van der Waals surface area contributed by atoms with Crippen LogP contribution in [0, 0.1) is 6.92 Å². The molecule has 0 aliphatic heterocycles. The van der Waals surface area contributed by atoms with Gasteiger partial charge in [-0.1, -0.05) is 15.9 Å². The highest BCUT2D eigenvalue weighted by Gasteiger charge is 2.07. The summed E-state index contributed by atoms with van der Waals surface area (Å²) in [6, 6.07) is 3.59. The van der Waals surface area contributed by atoms with E-state index < -0.39 is 5.97 Å². The largest absolute Gasteiger partial charge is 0.491 e. The number of nitrogens with two attached hydrogens (primary N) is 1. The molecule has 0 saturated carbocycles. The zero-order valence-corrected chi connectivity index (χ0v) is 9.87. The zero-order valence-electron chi connectivity index (χ0n) is 8.29. The predicted molar refractivity (Wildman–Crippen MR) is 61.0 cm³/mol. The topological polar surface area (TPSA) is 72.5 Å². The minimum Gasteiger partial charge on any atom is -0.491 e. The average Bonchev–Trinajstić information content (AvgIpc) is 2.08. The van der Waals surface area contributed by atoms with E-state index in [0.717, 1.165) is 10.0 Å². The summed E-state index contributed by atoms with van der Waals surface area (Å²) in [5.74, 6) is -0.331. The highest BCUT2D eigenvalue weighted by atomic mass is 79.9. The molecule has 0 radical (unpaired) electrons. The molecular weight excluding hydrogens is 262 g/mol. The maximum atomic E-state index is 10.3. The lowest BCUT2D eigenvalue weighted by molar-refractivity contribution is -0.137. The van der Waals surface area contributed by atoms with Gasteiger partial charge in [0, 0.05) is 4.47 Å². The molecule has 0 aliphatic rings. The molecule has 0 spiro atoms. The van der Waals surface area contributed by atoms with Gasteiger partial charge in [0.1, 0.15) is 5.75 Å². The van der Waals surface area contributed by atoms with E-state index in [1.165, 1.54) is 0 Å². The molecule has 0 atom stereocenters. The smallest absolute Gasteiger partial charge is 0.306 e. The molecule has 4 nitrogen and oxygen atoms in total. The third-order valence-electron chi connectivity index (χ3n) is 1.83. The summed E-state index contributed by atoms with van der Waals surface area (Å²) in [6.07, 6.45) is -0.0328. The minimum absolute atomic E-state index is 0.0328. The second-order valence-corrected chi connectivity index (χ2v) is 4.05. The molecule has 0 amide bonds. The number of carbonyl (C=O) groups is 1. The number of halogens is 1. The molecule has 0 bridgehead atoms. The van der Waals surface area contributed by atoms with Gasteiger partial charge in [0.2, 0.25) is 0 Å². The minimum atomic E-state index is -0.886. The Morgan fingerprint density at radius 2 is 2.27 bits per heavy atom. The van der Waals surface area contributed by atoms with Crippen molar-refractivity contribution in [2.45, 2.75) is 13.3 Å². The van der Waals surface area contributed by atoms with E-state index in [2.05, 4.69) is 15.9 Å². The van der Waals surface area contributed by atoms with Crippen LogP contribution in [0.15, 0.2) is 16.6 Å². The van der Waals surface area contributed by atoms with Crippen LogP contribution in [0.2, 0.25) is 0 Å². The summed E-state index contributed by atoms with van der Waals surface area (Å²) in [5.41, 5.74) is 7.13. The van der Waals surface area contributed by atoms with Crippen molar-refractivity contribution in [2.75, 3.05) is 12.3 Å². The SMILES string of the molecule is Cc1cc(Br)cc(N)c1OCCC(=O)O. The normalized spacial score (nSPS) is 10.0. The van der Waals surface area contributed by atoms with Gasteiger partial charge < -0.3 is 15.6 Å². The van der Waals surface area contributed by atoms with E-state index in [-0.39, 0.29) is 13.0 Å². The molecule has 1 aromatic carbocycles. The number of carboxylic acids is 1. The predicted octanol–water partition coefficient (Wildman–Crippen LogP) is 2.19.